The van der Waals surface area contributed by atoms with Crippen LogP contribution >= 0.6 is 7.37 Å². The Labute approximate surface area is 139 Å². The van der Waals surface area contributed by atoms with E-state index in [9.17, 15) is 4.57 Å². The fourth-order valence-corrected chi connectivity index (χ4v) is 3.24. The molecule has 0 aromatic heterocycles. The summed E-state index contributed by atoms with van der Waals surface area (Å²) in [5.41, 5.74) is 0.106. The lowest BCUT2D eigenvalue weighted by molar-refractivity contribution is 0.00578. The number of rotatable bonds is 6. The molecule has 1 aromatic rings. The molecule has 0 aliphatic carbocycles. The van der Waals surface area contributed by atoms with Crippen molar-refractivity contribution in [2.45, 2.75) is 45.8 Å². The lowest BCUT2D eigenvalue weighted by Gasteiger charge is -2.32. The van der Waals surface area contributed by atoms with Crippen LogP contribution in [0.3, 0.4) is 0 Å². The second-order valence-corrected chi connectivity index (χ2v) is 9.41. The highest BCUT2D eigenvalue weighted by Gasteiger charge is 2.51. The summed E-state index contributed by atoms with van der Waals surface area (Å²) in [4.78, 5) is 0. The first kappa shape index (κ1) is 18.5. The molecule has 1 aliphatic heterocycles. The van der Waals surface area contributed by atoms with Crippen LogP contribution in [0.25, 0.3) is 0 Å². The molecule has 1 unspecified atom stereocenters. The minimum Gasteiger partial charge on any atom is -0.484 e. The molecule has 0 saturated carbocycles. The maximum Gasteiger partial charge on any atom is 0.494 e. The van der Waals surface area contributed by atoms with Gasteiger partial charge in [0.05, 0.1) is 17.8 Å². The lowest BCUT2D eigenvalue weighted by Crippen LogP contribution is -2.41. The van der Waals surface area contributed by atoms with Crippen LogP contribution in [-0.2, 0) is 18.4 Å². The van der Waals surface area contributed by atoms with Crippen molar-refractivity contribution in [3.8, 4) is 5.75 Å². The van der Waals surface area contributed by atoms with Gasteiger partial charge in [0.1, 0.15) is 5.75 Å². The molecule has 0 spiro atoms. The quantitative estimate of drug-likeness (QED) is 0.588. The van der Waals surface area contributed by atoms with Crippen molar-refractivity contribution in [3.05, 3.63) is 24.3 Å². The van der Waals surface area contributed by atoms with Crippen LogP contribution in [-0.4, -0.2) is 37.9 Å². The third kappa shape index (κ3) is 4.39. The van der Waals surface area contributed by atoms with Gasteiger partial charge in [-0.2, -0.15) is 0 Å². The van der Waals surface area contributed by atoms with Crippen LogP contribution in [0.1, 0.15) is 34.6 Å². The standard InChI is InChI=1S/C16H26BO5P/c1-7-20-23(6,18)12-19-14-10-8-9-13(11-14)17-21-15(2,3)16(4,5)22-17/h8-11H,7,12H2,1-6H3. The molecule has 0 N–H and O–H groups in total. The summed E-state index contributed by atoms with van der Waals surface area (Å²) in [6.07, 6.45) is 0.0493. The zero-order valence-corrected chi connectivity index (χ0v) is 15.7. The van der Waals surface area contributed by atoms with Gasteiger partial charge in [-0.1, -0.05) is 12.1 Å². The normalized spacial score (nSPS) is 21.9. The summed E-state index contributed by atoms with van der Waals surface area (Å²) in [7, 11) is -3.17. The smallest absolute Gasteiger partial charge is 0.484 e. The van der Waals surface area contributed by atoms with Gasteiger partial charge in [-0.05, 0) is 52.2 Å². The minimum absolute atomic E-state index is 0.0493. The molecular weight excluding hydrogens is 314 g/mol. The fraction of sp³-hybridized carbons (Fsp3) is 0.625. The maximum atomic E-state index is 12.1. The van der Waals surface area contributed by atoms with Crippen molar-refractivity contribution < 1.29 is 23.1 Å². The number of ether oxygens (including phenoxy) is 1. The molecule has 0 amide bonds. The molecule has 7 heteroatoms. The Hall–Kier alpha value is -0.805. The summed E-state index contributed by atoms with van der Waals surface area (Å²) in [6.45, 7) is 11.9. The molecule has 0 bridgehead atoms. The molecular formula is C16H26BO5P. The van der Waals surface area contributed by atoms with Crippen molar-refractivity contribution in [1.29, 1.82) is 0 Å². The van der Waals surface area contributed by atoms with E-state index in [4.69, 9.17) is 18.6 Å². The molecule has 5 nitrogen and oxygen atoms in total. The lowest BCUT2D eigenvalue weighted by atomic mass is 9.79. The van der Waals surface area contributed by atoms with Gasteiger partial charge in [0.2, 0.25) is 7.37 Å². The predicted molar refractivity (Wildman–Crippen MR) is 92.8 cm³/mol. The van der Waals surface area contributed by atoms with E-state index < -0.39 is 14.5 Å². The van der Waals surface area contributed by atoms with E-state index in [-0.39, 0.29) is 17.6 Å². The number of hydrogen-bond donors (Lipinski definition) is 0. The SMILES string of the molecule is CCOP(C)(=O)COc1cccc(B2OC(C)(C)C(C)(C)O2)c1. The third-order valence-electron chi connectivity index (χ3n) is 4.25. The van der Waals surface area contributed by atoms with Crippen molar-refractivity contribution in [3.63, 3.8) is 0 Å². The highest BCUT2D eigenvalue weighted by molar-refractivity contribution is 7.57. The molecule has 23 heavy (non-hydrogen) atoms. The maximum absolute atomic E-state index is 12.1. The summed E-state index contributed by atoms with van der Waals surface area (Å²) in [6, 6.07) is 7.48. The minimum atomic E-state index is -2.72. The average Bonchev–Trinajstić information content (AvgIpc) is 2.66. The highest BCUT2D eigenvalue weighted by atomic mass is 31.2. The topological polar surface area (TPSA) is 54.0 Å². The van der Waals surface area contributed by atoms with E-state index in [2.05, 4.69) is 0 Å². The fourth-order valence-electron chi connectivity index (χ4n) is 2.23. The summed E-state index contributed by atoms with van der Waals surface area (Å²) >= 11 is 0. The Morgan fingerprint density at radius 1 is 1.17 bits per heavy atom. The highest BCUT2D eigenvalue weighted by Crippen LogP contribution is 2.42. The number of benzene rings is 1. The zero-order chi connectivity index (χ0) is 17.3. The van der Waals surface area contributed by atoms with Crippen LogP contribution < -0.4 is 10.2 Å². The van der Waals surface area contributed by atoms with Gasteiger partial charge in [0.15, 0.2) is 6.35 Å². The second kappa shape index (κ2) is 6.60. The van der Waals surface area contributed by atoms with E-state index in [1.54, 1.807) is 6.66 Å². The monoisotopic (exact) mass is 340 g/mol. The summed E-state index contributed by atoms with van der Waals surface area (Å²) in [5.74, 6) is 0.624. The average molecular weight is 340 g/mol. The predicted octanol–water partition coefficient (Wildman–Crippen LogP) is 3.27. The second-order valence-electron chi connectivity index (χ2n) is 6.87. The Kier molecular flexibility index (Phi) is 5.32. The Bertz CT molecular complexity index is 586. The summed E-state index contributed by atoms with van der Waals surface area (Å²) in [5, 5.41) is 0. The first-order valence-electron chi connectivity index (χ1n) is 7.86. The molecule has 1 aliphatic rings. The van der Waals surface area contributed by atoms with Crippen molar-refractivity contribution in [1.82, 2.24) is 0 Å². The van der Waals surface area contributed by atoms with Crippen LogP contribution in [0.5, 0.6) is 5.75 Å². The van der Waals surface area contributed by atoms with Crippen molar-refractivity contribution in [2.24, 2.45) is 0 Å². The van der Waals surface area contributed by atoms with E-state index in [1.807, 2.05) is 58.9 Å². The van der Waals surface area contributed by atoms with Crippen LogP contribution in [0.15, 0.2) is 24.3 Å². The third-order valence-corrected chi connectivity index (χ3v) is 5.65. The Morgan fingerprint density at radius 2 is 1.78 bits per heavy atom. The molecule has 2 rings (SSSR count). The first-order valence-corrected chi connectivity index (χ1v) is 10.1. The van der Waals surface area contributed by atoms with Crippen LogP contribution in [0, 0.1) is 0 Å². The van der Waals surface area contributed by atoms with Gasteiger partial charge in [-0.3, -0.25) is 4.57 Å². The number of hydrogen-bond acceptors (Lipinski definition) is 5. The molecule has 128 valence electrons. The van der Waals surface area contributed by atoms with Gasteiger partial charge in [-0.15, -0.1) is 0 Å². The Balaban J connectivity index is 2.08. The molecule has 1 aromatic carbocycles. The van der Waals surface area contributed by atoms with Crippen LogP contribution in [0.4, 0.5) is 0 Å². The van der Waals surface area contributed by atoms with Crippen molar-refractivity contribution >= 4 is 20.0 Å². The van der Waals surface area contributed by atoms with E-state index >= 15 is 0 Å². The van der Waals surface area contributed by atoms with Crippen molar-refractivity contribution in [2.75, 3.05) is 19.6 Å². The van der Waals surface area contributed by atoms with Gasteiger partial charge in [-0.25, -0.2) is 0 Å². The van der Waals surface area contributed by atoms with E-state index in [0.29, 0.717) is 12.4 Å². The van der Waals surface area contributed by atoms with Gasteiger partial charge >= 0.3 is 7.12 Å². The Morgan fingerprint density at radius 3 is 2.35 bits per heavy atom. The summed E-state index contributed by atoms with van der Waals surface area (Å²) < 4.78 is 35.0. The van der Waals surface area contributed by atoms with E-state index in [1.165, 1.54) is 0 Å². The largest absolute Gasteiger partial charge is 0.494 e. The molecule has 1 heterocycles. The molecule has 1 atom stereocenters. The van der Waals surface area contributed by atoms with Crippen LogP contribution in [0.2, 0.25) is 0 Å². The molecule has 0 radical (unpaired) electrons. The van der Waals surface area contributed by atoms with Gasteiger partial charge < -0.3 is 18.6 Å². The van der Waals surface area contributed by atoms with Gasteiger partial charge in [0.25, 0.3) is 0 Å². The zero-order valence-electron chi connectivity index (χ0n) is 14.8. The molecule has 1 fully saturated rings. The van der Waals surface area contributed by atoms with Gasteiger partial charge in [0, 0.05) is 6.66 Å². The molecule has 1 saturated heterocycles. The first-order chi connectivity index (χ1) is 10.6. The van der Waals surface area contributed by atoms with E-state index in [0.717, 1.165) is 5.46 Å².